The molecule has 2 aromatic heterocycles. The van der Waals surface area contributed by atoms with E-state index in [1.54, 1.807) is 38.2 Å². The molecule has 6 nitrogen and oxygen atoms in total. The van der Waals surface area contributed by atoms with Crippen LogP contribution in [0.25, 0.3) is 33.1 Å². The summed E-state index contributed by atoms with van der Waals surface area (Å²) in [6, 6.07) is 12.8. The fraction of sp³-hybridized carbons (Fsp3) is 0.261. The van der Waals surface area contributed by atoms with E-state index in [1.807, 2.05) is 25.1 Å². The molecule has 0 aliphatic carbocycles. The number of ether oxygens (including phenoxy) is 1. The van der Waals surface area contributed by atoms with Gasteiger partial charge in [-0.1, -0.05) is 19.1 Å². The summed E-state index contributed by atoms with van der Waals surface area (Å²) >= 11 is 0. The number of aryl methyl sites for hydroxylation is 1. The smallest absolute Gasteiger partial charge is 0.178 e. The van der Waals surface area contributed by atoms with E-state index in [4.69, 9.17) is 4.74 Å². The molecule has 0 unspecified atom stereocenters. The second-order valence-electron chi connectivity index (χ2n) is 7.44. The van der Waals surface area contributed by atoms with Gasteiger partial charge in [0.05, 0.1) is 22.8 Å². The highest BCUT2D eigenvalue weighted by Gasteiger charge is 2.18. The summed E-state index contributed by atoms with van der Waals surface area (Å²) in [6.45, 7) is 5.32. The molecule has 1 atom stereocenters. The second-order valence-corrected chi connectivity index (χ2v) is 9.72. The molecule has 7 heteroatoms. The van der Waals surface area contributed by atoms with Crippen molar-refractivity contribution >= 4 is 31.8 Å². The first kappa shape index (κ1) is 20.4. The van der Waals surface area contributed by atoms with Crippen LogP contribution in [0.3, 0.4) is 0 Å². The molecular formula is C23H24N2O4S. The van der Waals surface area contributed by atoms with Gasteiger partial charge in [0, 0.05) is 17.0 Å². The number of aromatic amines is 1. The molecule has 2 N–H and O–H groups in total. The second kappa shape index (κ2) is 7.74. The Bertz CT molecular complexity index is 1340. The minimum Gasteiger partial charge on any atom is -0.486 e. The van der Waals surface area contributed by atoms with E-state index >= 15 is 0 Å². The van der Waals surface area contributed by atoms with Gasteiger partial charge in [-0.25, -0.2) is 13.4 Å². The lowest BCUT2D eigenvalue weighted by atomic mass is 9.99. The maximum Gasteiger partial charge on any atom is 0.178 e. The van der Waals surface area contributed by atoms with Gasteiger partial charge in [0.15, 0.2) is 9.84 Å². The maximum atomic E-state index is 12.4. The first-order chi connectivity index (χ1) is 14.3. The highest BCUT2D eigenvalue weighted by molar-refractivity contribution is 7.91. The lowest BCUT2D eigenvalue weighted by Crippen LogP contribution is -2.16. The molecule has 0 spiro atoms. The van der Waals surface area contributed by atoms with Gasteiger partial charge in [0.25, 0.3) is 0 Å². The molecule has 0 amide bonds. The van der Waals surface area contributed by atoms with Crippen molar-refractivity contribution in [1.82, 2.24) is 9.97 Å². The van der Waals surface area contributed by atoms with Gasteiger partial charge in [-0.05, 0) is 60.9 Å². The molecule has 2 aromatic carbocycles. The number of H-pyrrole nitrogens is 1. The number of aliphatic hydroxyl groups excluding tert-OH is 1. The van der Waals surface area contributed by atoms with Crippen LogP contribution >= 0.6 is 0 Å². The fourth-order valence-corrected chi connectivity index (χ4v) is 4.51. The van der Waals surface area contributed by atoms with Gasteiger partial charge in [-0.3, -0.25) is 0 Å². The third-order valence-electron chi connectivity index (χ3n) is 5.17. The van der Waals surface area contributed by atoms with Crippen LogP contribution < -0.4 is 4.74 Å². The Morgan fingerprint density at radius 1 is 1.20 bits per heavy atom. The van der Waals surface area contributed by atoms with Crippen molar-refractivity contribution in [2.24, 2.45) is 0 Å². The first-order valence-corrected chi connectivity index (χ1v) is 11.5. The minimum atomic E-state index is -3.32. The zero-order valence-corrected chi connectivity index (χ0v) is 18.0. The molecule has 4 aromatic rings. The topological polar surface area (TPSA) is 92.3 Å². The Balaban J connectivity index is 2.02. The van der Waals surface area contributed by atoms with Gasteiger partial charge in [0.2, 0.25) is 0 Å². The molecule has 156 valence electrons. The summed E-state index contributed by atoms with van der Waals surface area (Å²) < 4.78 is 30.7. The number of nitrogens with zero attached hydrogens (tertiary/aromatic N) is 1. The van der Waals surface area contributed by atoms with Crippen LogP contribution in [0.1, 0.15) is 19.4 Å². The Kier molecular flexibility index (Phi) is 5.26. The number of aromatic nitrogens is 2. The van der Waals surface area contributed by atoms with Gasteiger partial charge >= 0.3 is 0 Å². The van der Waals surface area contributed by atoms with Crippen molar-refractivity contribution in [3.8, 4) is 16.9 Å². The third kappa shape index (κ3) is 3.55. The van der Waals surface area contributed by atoms with E-state index in [0.717, 1.165) is 38.6 Å². The van der Waals surface area contributed by atoms with Crippen LogP contribution in [-0.4, -0.2) is 42.0 Å². The molecule has 4 rings (SSSR count). The first-order valence-electron chi connectivity index (χ1n) is 9.85. The summed E-state index contributed by atoms with van der Waals surface area (Å²) in [5.74, 6) is 0.664. The van der Waals surface area contributed by atoms with E-state index in [2.05, 4.69) is 16.0 Å². The van der Waals surface area contributed by atoms with Crippen molar-refractivity contribution in [2.45, 2.75) is 31.8 Å². The third-order valence-corrected chi connectivity index (χ3v) is 6.91. The number of fused-ring (bicyclic) bond motifs is 3. The van der Waals surface area contributed by atoms with E-state index < -0.39 is 9.84 Å². The Morgan fingerprint density at radius 2 is 2.00 bits per heavy atom. The number of hydrogen-bond acceptors (Lipinski definition) is 5. The molecular weight excluding hydrogens is 400 g/mol. The lowest BCUT2D eigenvalue weighted by Gasteiger charge is -2.14. The van der Waals surface area contributed by atoms with Crippen LogP contribution in [-0.2, 0) is 9.84 Å². The highest BCUT2D eigenvalue weighted by atomic mass is 32.2. The molecule has 30 heavy (non-hydrogen) atoms. The Morgan fingerprint density at radius 3 is 2.73 bits per heavy atom. The standard InChI is InChI=1S/C23H24N2O4S/c1-4-30(27,28)17-7-5-6-16(11-17)18-8-9-20(29-15(3)13-26)22-21(18)19-10-14(2)12-24-23(19)25-22/h5-12,15,26H,4,13H2,1-3H3,(H,24,25)/t15-/m0/s1. The number of pyridine rings is 1. The van der Waals surface area contributed by atoms with Gasteiger partial charge < -0.3 is 14.8 Å². The molecule has 0 aliphatic heterocycles. The number of aliphatic hydroxyl groups is 1. The number of benzene rings is 2. The summed E-state index contributed by atoms with van der Waals surface area (Å²) in [5.41, 5.74) is 4.21. The number of hydrogen-bond donors (Lipinski definition) is 2. The molecule has 0 bridgehead atoms. The summed E-state index contributed by atoms with van der Waals surface area (Å²) in [7, 11) is -3.32. The summed E-state index contributed by atoms with van der Waals surface area (Å²) in [6.07, 6.45) is 1.43. The van der Waals surface area contributed by atoms with Crippen LogP contribution in [0.2, 0.25) is 0 Å². The zero-order valence-electron chi connectivity index (χ0n) is 17.1. The van der Waals surface area contributed by atoms with Gasteiger partial charge in [-0.2, -0.15) is 0 Å². The Labute approximate surface area is 175 Å². The van der Waals surface area contributed by atoms with Crippen LogP contribution in [0.15, 0.2) is 53.6 Å². The highest BCUT2D eigenvalue weighted by Crippen LogP contribution is 2.39. The van der Waals surface area contributed by atoms with E-state index in [9.17, 15) is 13.5 Å². The number of rotatable bonds is 6. The van der Waals surface area contributed by atoms with Crippen molar-refractivity contribution in [1.29, 1.82) is 0 Å². The Hall–Kier alpha value is -2.90. The quantitative estimate of drug-likeness (QED) is 0.483. The largest absolute Gasteiger partial charge is 0.486 e. The predicted molar refractivity (Wildman–Crippen MR) is 119 cm³/mol. The molecule has 0 saturated carbocycles. The van der Waals surface area contributed by atoms with Crippen molar-refractivity contribution in [3.63, 3.8) is 0 Å². The normalized spacial score (nSPS) is 13.1. The van der Waals surface area contributed by atoms with Gasteiger partial charge in [-0.15, -0.1) is 0 Å². The molecule has 0 fully saturated rings. The summed E-state index contributed by atoms with van der Waals surface area (Å²) in [4.78, 5) is 8.14. The van der Waals surface area contributed by atoms with Crippen LogP contribution in [0, 0.1) is 6.92 Å². The van der Waals surface area contributed by atoms with E-state index in [-0.39, 0.29) is 18.5 Å². The number of nitrogens with one attached hydrogen (secondary N) is 1. The predicted octanol–water partition coefficient (Wildman–Crippen LogP) is 4.24. The minimum absolute atomic E-state index is 0.0495. The lowest BCUT2D eigenvalue weighted by molar-refractivity contribution is 0.131. The van der Waals surface area contributed by atoms with Crippen molar-refractivity contribution in [3.05, 3.63) is 54.2 Å². The SMILES string of the molecule is CCS(=O)(=O)c1cccc(-c2ccc(O[C@@H](C)CO)c3[nH]c4ncc(C)cc4c23)c1. The van der Waals surface area contributed by atoms with Crippen molar-refractivity contribution in [2.75, 3.05) is 12.4 Å². The fourth-order valence-electron chi connectivity index (χ4n) is 3.58. The maximum absolute atomic E-state index is 12.4. The van der Waals surface area contributed by atoms with Crippen LogP contribution in [0.5, 0.6) is 5.75 Å². The molecule has 2 heterocycles. The molecule has 0 saturated heterocycles. The zero-order chi connectivity index (χ0) is 21.5. The van der Waals surface area contributed by atoms with E-state index in [0.29, 0.717) is 10.6 Å². The average molecular weight is 425 g/mol. The molecule has 0 radical (unpaired) electrons. The number of sulfone groups is 1. The summed E-state index contributed by atoms with van der Waals surface area (Å²) in [5, 5.41) is 11.3. The van der Waals surface area contributed by atoms with Crippen LogP contribution in [0.4, 0.5) is 0 Å². The van der Waals surface area contributed by atoms with Gasteiger partial charge in [0.1, 0.15) is 17.5 Å². The van der Waals surface area contributed by atoms with E-state index in [1.165, 1.54) is 0 Å². The monoisotopic (exact) mass is 424 g/mol. The molecule has 0 aliphatic rings. The average Bonchev–Trinajstić information content (AvgIpc) is 3.13. The van der Waals surface area contributed by atoms with Crippen molar-refractivity contribution < 1.29 is 18.3 Å².